The number of aromatic nitrogens is 2. The first-order valence-corrected chi connectivity index (χ1v) is 5.48. The molecule has 1 atom stereocenters. The first-order chi connectivity index (χ1) is 7.70. The summed E-state index contributed by atoms with van der Waals surface area (Å²) < 4.78 is 0. The largest absolute Gasteiger partial charge is 0.394 e. The van der Waals surface area contributed by atoms with Crippen LogP contribution in [-0.4, -0.2) is 33.6 Å². The van der Waals surface area contributed by atoms with Gasteiger partial charge in [-0.25, -0.2) is 9.97 Å². The first-order valence-electron chi connectivity index (χ1n) is 5.10. The molecule has 2 rings (SSSR count). The quantitative estimate of drug-likeness (QED) is 0.811. The molecule has 1 fully saturated rings. The fourth-order valence-electron chi connectivity index (χ4n) is 1.48. The fourth-order valence-corrected chi connectivity index (χ4v) is 1.58. The maximum absolute atomic E-state index is 11.7. The Labute approximate surface area is 97.9 Å². The van der Waals surface area contributed by atoms with Crippen molar-refractivity contribution in [3.05, 3.63) is 23.2 Å². The van der Waals surface area contributed by atoms with Crippen molar-refractivity contribution >= 4 is 17.5 Å². The number of rotatable bonds is 4. The number of aliphatic hydroxyl groups is 1. The minimum atomic E-state index is -0.324. The van der Waals surface area contributed by atoms with Crippen LogP contribution in [0.25, 0.3) is 0 Å². The van der Waals surface area contributed by atoms with Gasteiger partial charge in [-0.3, -0.25) is 4.79 Å². The molecule has 16 heavy (non-hydrogen) atoms. The number of hydrogen-bond donors (Lipinski definition) is 2. The van der Waals surface area contributed by atoms with E-state index in [2.05, 4.69) is 15.3 Å². The number of aliphatic hydroxyl groups excluding tert-OH is 1. The second kappa shape index (κ2) is 4.76. The van der Waals surface area contributed by atoms with Crippen LogP contribution in [0.4, 0.5) is 0 Å². The van der Waals surface area contributed by atoms with Crippen molar-refractivity contribution in [2.24, 2.45) is 5.92 Å². The van der Waals surface area contributed by atoms with Gasteiger partial charge in [0.25, 0.3) is 5.91 Å². The summed E-state index contributed by atoms with van der Waals surface area (Å²) >= 11 is 5.56. The van der Waals surface area contributed by atoms with Crippen LogP contribution in [0.5, 0.6) is 0 Å². The van der Waals surface area contributed by atoms with Crippen molar-refractivity contribution in [3.8, 4) is 0 Å². The van der Waals surface area contributed by atoms with Crippen LogP contribution in [0.3, 0.4) is 0 Å². The summed E-state index contributed by atoms with van der Waals surface area (Å²) in [5.41, 5.74) is 0.212. The predicted molar refractivity (Wildman–Crippen MR) is 58.1 cm³/mol. The molecular weight excluding hydrogens is 230 g/mol. The Hall–Kier alpha value is -1.20. The molecule has 1 heterocycles. The molecule has 1 aliphatic carbocycles. The van der Waals surface area contributed by atoms with E-state index in [-0.39, 0.29) is 29.4 Å². The topological polar surface area (TPSA) is 75.1 Å². The second-order valence-electron chi connectivity index (χ2n) is 3.82. The number of nitrogens with one attached hydrogen (secondary N) is 1. The zero-order valence-electron chi connectivity index (χ0n) is 8.56. The van der Waals surface area contributed by atoms with Gasteiger partial charge in [0.2, 0.25) is 0 Å². The summed E-state index contributed by atoms with van der Waals surface area (Å²) in [5.74, 6) is 0.0735. The van der Waals surface area contributed by atoms with Crippen molar-refractivity contribution in [1.29, 1.82) is 0 Å². The van der Waals surface area contributed by atoms with Crippen molar-refractivity contribution < 1.29 is 9.90 Å². The third-order valence-corrected chi connectivity index (χ3v) is 2.75. The fraction of sp³-hybridized carbons (Fsp3) is 0.500. The zero-order valence-corrected chi connectivity index (χ0v) is 9.31. The highest BCUT2D eigenvalue weighted by molar-refractivity contribution is 6.29. The Morgan fingerprint density at radius 2 is 2.31 bits per heavy atom. The number of carbonyl (C=O) groups excluding carboxylic acids is 1. The van der Waals surface area contributed by atoms with Crippen molar-refractivity contribution in [3.63, 3.8) is 0 Å². The van der Waals surface area contributed by atoms with Crippen molar-refractivity contribution in [2.75, 3.05) is 6.61 Å². The van der Waals surface area contributed by atoms with E-state index in [0.29, 0.717) is 5.92 Å². The molecule has 1 saturated carbocycles. The van der Waals surface area contributed by atoms with Crippen LogP contribution in [0.1, 0.15) is 23.3 Å². The molecule has 1 aromatic heterocycles. The number of amides is 1. The summed E-state index contributed by atoms with van der Waals surface area (Å²) in [5, 5.41) is 12.1. The number of nitrogens with zero attached hydrogens (tertiary/aromatic N) is 2. The lowest BCUT2D eigenvalue weighted by Crippen LogP contribution is -2.39. The van der Waals surface area contributed by atoms with Gasteiger partial charge >= 0.3 is 0 Å². The van der Waals surface area contributed by atoms with Crippen LogP contribution in [0.2, 0.25) is 5.15 Å². The van der Waals surface area contributed by atoms with Gasteiger partial charge in [0.05, 0.1) is 25.0 Å². The SMILES string of the molecule is O=C(N[C@H](CO)C1CC1)c1cnc(Cl)cn1. The molecule has 0 bridgehead atoms. The normalized spacial score (nSPS) is 16.9. The maximum Gasteiger partial charge on any atom is 0.271 e. The van der Waals surface area contributed by atoms with Crippen LogP contribution in [0, 0.1) is 5.92 Å². The van der Waals surface area contributed by atoms with E-state index in [0.717, 1.165) is 12.8 Å². The molecular formula is C10H12ClN3O2. The van der Waals surface area contributed by atoms with Gasteiger partial charge in [0.1, 0.15) is 10.8 Å². The summed E-state index contributed by atoms with van der Waals surface area (Å²) in [7, 11) is 0. The van der Waals surface area contributed by atoms with Gasteiger partial charge in [0, 0.05) is 0 Å². The molecule has 6 heteroatoms. The van der Waals surface area contributed by atoms with E-state index in [9.17, 15) is 4.79 Å². The molecule has 1 aromatic rings. The van der Waals surface area contributed by atoms with Gasteiger partial charge in [-0.2, -0.15) is 0 Å². The van der Waals surface area contributed by atoms with Crippen LogP contribution in [-0.2, 0) is 0 Å². The molecule has 0 aromatic carbocycles. The number of hydrogen-bond acceptors (Lipinski definition) is 4. The van der Waals surface area contributed by atoms with Crippen molar-refractivity contribution in [2.45, 2.75) is 18.9 Å². The van der Waals surface area contributed by atoms with E-state index in [4.69, 9.17) is 16.7 Å². The Morgan fingerprint density at radius 3 is 2.81 bits per heavy atom. The summed E-state index contributed by atoms with van der Waals surface area (Å²) in [4.78, 5) is 19.3. The third-order valence-electron chi connectivity index (χ3n) is 2.56. The Bertz CT molecular complexity index is 378. The lowest BCUT2D eigenvalue weighted by molar-refractivity contribution is 0.0902. The molecule has 0 radical (unpaired) electrons. The van der Waals surface area contributed by atoms with E-state index < -0.39 is 0 Å². The highest BCUT2D eigenvalue weighted by atomic mass is 35.5. The van der Waals surface area contributed by atoms with Crippen molar-refractivity contribution in [1.82, 2.24) is 15.3 Å². The minimum absolute atomic E-state index is 0.0442. The second-order valence-corrected chi connectivity index (χ2v) is 4.21. The monoisotopic (exact) mass is 241 g/mol. The zero-order chi connectivity index (χ0) is 11.5. The van der Waals surface area contributed by atoms with E-state index >= 15 is 0 Å². The average molecular weight is 242 g/mol. The molecule has 2 N–H and O–H groups in total. The van der Waals surface area contributed by atoms with Crippen LogP contribution >= 0.6 is 11.6 Å². The smallest absolute Gasteiger partial charge is 0.271 e. The standard InChI is InChI=1S/C10H12ClN3O2/c11-9-4-12-7(3-13-9)10(16)14-8(5-15)6-1-2-6/h3-4,6,8,15H,1-2,5H2,(H,14,16)/t8-/m1/s1. The minimum Gasteiger partial charge on any atom is -0.394 e. The molecule has 0 saturated heterocycles. The maximum atomic E-state index is 11.7. The van der Waals surface area contributed by atoms with Crippen LogP contribution < -0.4 is 5.32 Å². The summed E-state index contributed by atoms with van der Waals surface area (Å²) in [6.07, 6.45) is 4.75. The molecule has 0 aliphatic heterocycles. The highest BCUT2D eigenvalue weighted by Crippen LogP contribution is 2.32. The third kappa shape index (κ3) is 2.68. The Morgan fingerprint density at radius 1 is 1.56 bits per heavy atom. The predicted octanol–water partition coefficient (Wildman–Crippen LogP) is 0.631. The highest BCUT2D eigenvalue weighted by Gasteiger charge is 2.32. The lowest BCUT2D eigenvalue weighted by Gasteiger charge is -2.14. The molecule has 1 amide bonds. The average Bonchev–Trinajstić information content (AvgIpc) is 3.10. The first kappa shape index (κ1) is 11.3. The Balaban J connectivity index is 1.98. The number of halogens is 1. The van der Waals surface area contributed by atoms with E-state index in [1.165, 1.54) is 12.4 Å². The molecule has 1 aliphatic rings. The lowest BCUT2D eigenvalue weighted by atomic mass is 10.2. The van der Waals surface area contributed by atoms with Gasteiger partial charge in [0.15, 0.2) is 0 Å². The molecule has 0 spiro atoms. The van der Waals surface area contributed by atoms with Gasteiger partial charge in [-0.1, -0.05) is 11.6 Å². The molecule has 5 nitrogen and oxygen atoms in total. The van der Waals surface area contributed by atoms with Gasteiger partial charge < -0.3 is 10.4 Å². The summed E-state index contributed by atoms with van der Waals surface area (Å²) in [6.45, 7) is -0.0442. The van der Waals surface area contributed by atoms with Gasteiger partial charge in [-0.05, 0) is 18.8 Å². The summed E-state index contributed by atoms with van der Waals surface area (Å²) in [6, 6.07) is -0.176. The van der Waals surface area contributed by atoms with Gasteiger partial charge in [-0.15, -0.1) is 0 Å². The van der Waals surface area contributed by atoms with E-state index in [1.54, 1.807) is 0 Å². The van der Waals surface area contributed by atoms with Crippen LogP contribution in [0.15, 0.2) is 12.4 Å². The van der Waals surface area contributed by atoms with E-state index in [1.807, 2.05) is 0 Å². The molecule has 86 valence electrons. The molecule has 0 unspecified atom stereocenters. The Kier molecular flexibility index (Phi) is 3.36. The number of carbonyl (C=O) groups is 1.